The molecule has 1 atom stereocenters. The summed E-state index contributed by atoms with van der Waals surface area (Å²) in [5.74, 6) is -0.233. The van der Waals surface area contributed by atoms with E-state index in [1.54, 1.807) is 19.1 Å². The zero-order chi connectivity index (χ0) is 11.3. The molecule has 3 N–H and O–H groups in total. The van der Waals surface area contributed by atoms with Crippen LogP contribution in [0.15, 0.2) is 30.3 Å². The molecule has 4 heteroatoms. The molecule has 0 bridgehead atoms. The lowest BCUT2D eigenvalue weighted by Gasteiger charge is -2.21. The molecule has 0 saturated carbocycles. The maximum atomic E-state index is 10.6. The summed E-state index contributed by atoms with van der Waals surface area (Å²) >= 11 is 0. The van der Waals surface area contributed by atoms with Gasteiger partial charge in [-0.05, 0) is 5.56 Å². The fraction of sp³-hybridized carbons (Fsp3) is 0.273. The van der Waals surface area contributed by atoms with Gasteiger partial charge in [0, 0.05) is 12.5 Å². The Kier molecular flexibility index (Phi) is 4.12. The van der Waals surface area contributed by atoms with Crippen LogP contribution in [0.5, 0.6) is 0 Å². The van der Waals surface area contributed by atoms with Crippen LogP contribution in [0.1, 0.15) is 12.5 Å². The quantitative estimate of drug-likeness (QED) is 0.701. The lowest BCUT2D eigenvalue weighted by atomic mass is 9.95. The predicted molar refractivity (Wildman–Crippen MR) is 56.2 cm³/mol. The molecule has 1 amide bonds. The lowest BCUT2D eigenvalue weighted by Crippen LogP contribution is -2.33. The standard InChI is InChI=1S/C11H14NO3/c1-8(7-13)10(12-11(14)15)9-5-3-2-4-6-9/h2-6,8,12-13H,7H2,1H3,(H,14,15)/t8-/m1/s1. The molecule has 81 valence electrons. The molecule has 0 saturated heterocycles. The van der Waals surface area contributed by atoms with Gasteiger partial charge in [0.05, 0.1) is 0 Å². The van der Waals surface area contributed by atoms with E-state index in [1.165, 1.54) is 0 Å². The lowest BCUT2D eigenvalue weighted by molar-refractivity contribution is 0.189. The number of nitrogens with one attached hydrogen (secondary N) is 1. The first-order chi connectivity index (χ1) is 7.15. The van der Waals surface area contributed by atoms with E-state index >= 15 is 0 Å². The Morgan fingerprint density at radius 2 is 2.00 bits per heavy atom. The van der Waals surface area contributed by atoms with Crippen LogP contribution in [0, 0.1) is 12.0 Å². The van der Waals surface area contributed by atoms with Gasteiger partial charge in [0.25, 0.3) is 0 Å². The van der Waals surface area contributed by atoms with E-state index in [1.807, 2.05) is 18.2 Å². The average Bonchev–Trinajstić information content (AvgIpc) is 2.26. The van der Waals surface area contributed by atoms with Crippen molar-refractivity contribution in [2.45, 2.75) is 6.92 Å². The summed E-state index contributed by atoms with van der Waals surface area (Å²) in [7, 11) is 0. The van der Waals surface area contributed by atoms with Gasteiger partial charge in [-0.1, -0.05) is 37.3 Å². The first-order valence-corrected chi connectivity index (χ1v) is 4.68. The number of hydrogen-bond acceptors (Lipinski definition) is 2. The van der Waals surface area contributed by atoms with Gasteiger partial charge in [0.1, 0.15) is 6.04 Å². The predicted octanol–water partition coefficient (Wildman–Crippen LogP) is 1.46. The van der Waals surface area contributed by atoms with Crippen molar-refractivity contribution >= 4 is 6.09 Å². The van der Waals surface area contributed by atoms with Gasteiger partial charge < -0.3 is 15.5 Å². The van der Waals surface area contributed by atoms with Gasteiger partial charge in [-0.2, -0.15) is 0 Å². The third kappa shape index (κ3) is 3.25. The number of carbonyl (C=O) groups is 1. The SMILES string of the molecule is C[C@H](CO)[C](NC(=O)O)c1ccccc1. The fourth-order valence-electron chi connectivity index (χ4n) is 1.30. The first kappa shape index (κ1) is 11.5. The first-order valence-electron chi connectivity index (χ1n) is 4.68. The van der Waals surface area contributed by atoms with Gasteiger partial charge >= 0.3 is 6.09 Å². The minimum atomic E-state index is -1.12. The summed E-state index contributed by atoms with van der Waals surface area (Å²) < 4.78 is 0. The normalized spacial score (nSPS) is 12.5. The molecular formula is C11H14NO3. The smallest absolute Gasteiger partial charge is 0.405 e. The van der Waals surface area contributed by atoms with Crippen molar-refractivity contribution in [3.05, 3.63) is 41.9 Å². The van der Waals surface area contributed by atoms with E-state index in [2.05, 4.69) is 5.32 Å². The number of aliphatic hydroxyl groups is 1. The van der Waals surface area contributed by atoms with Crippen LogP contribution in [-0.4, -0.2) is 22.9 Å². The Balaban J connectivity index is 2.86. The Morgan fingerprint density at radius 1 is 1.40 bits per heavy atom. The minimum absolute atomic E-state index is 0.0928. The topological polar surface area (TPSA) is 69.6 Å². The van der Waals surface area contributed by atoms with Crippen LogP contribution in [-0.2, 0) is 0 Å². The molecule has 4 nitrogen and oxygen atoms in total. The van der Waals surface area contributed by atoms with E-state index in [0.29, 0.717) is 6.04 Å². The highest BCUT2D eigenvalue weighted by Crippen LogP contribution is 2.20. The molecule has 0 aromatic heterocycles. The van der Waals surface area contributed by atoms with Crippen molar-refractivity contribution in [2.75, 3.05) is 6.61 Å². The van der Waals surface area contributed by atoms with Crippen molar-refractivity contribution in [3.63, 3.8) is 0 Å². The number of amides is 1. The molecule has 1 radical (unpaired) electrons. The second-order valence-corrected chi connectivity index (χ2v) is 3.29. The van der Waals surface area contributed by atoms with E-state index in [-0.39, 0.29) is 12.5 Å². The molecule has 1 aromatic rings. The molecule has 0 fully saturated rings. The highest BCUT2D eigenvalue weighted by Gasteiger charge is 2.21. The second kappa shape index (κ2) is 5.36. The van der Waals surface area contributed by atoms with Gasteiger partial charge in [-0.3, -0.25) is 0 Å². The molecule has 0 aliphatic rings. The van der Waals surface area contributed by atoms with Crippen LogP contribution in [0.3, 0.4) is 0 Å². The Bertz CT molecular complexity index is 313. The van der Waals surface area contributed by atoms with Gasteiger partial charge in [-0.15, -0.1) is 0 Å². The summed E-state index contributed by atoms with van der Waals surface area (Å²) in [6.07, 6.45) is -1.12. The molecule has 15 heavy (non-hydrogen) atoms. The van der Waals surface area contributed by atoms with Crippen molar-refractivity contribution in [1.29, 1.82) is 0 Å². The molecular weight excluding hydrogens is 194 g/mol. The largest absolute Gasteiger partial charge is 0.465 e. The van der Waals surface area contributed by atoms with Crippen LogP contribution in [0.2, 0.25) is 0 Å². The molecule has 1 rings (SSSR count). The summed E-state index contributed by atoms with van der Waals surface area (Å²) in [4.78, 5) is 10.6. The zero-order valence-electron chi connectivity index (χ0n) is 8.47. The Labute approximate surface area is 88.6 Å². The fourth-order valence-corrected chi connectivity index (χ4v) is 1.30. The monoisotopic (exact) mass is 208 g/mol. The Hall–Kier alpha value is -1.55. The van der Waals surface area contributed by atoms with E-state index in [9.17, 15) is 4.79 Å². The van der Waals surface area contributed by atoms with Crippen molar-refractivity contribution in [1.82, 2.24) is 5.32 Å². The average molecular weight is 208 g/mol. The third-order valence-corrected chi connectivity index (χ3v) is 2.09. The maximum Gasteiger partial charge on any atom is 0.405 e. The highest BCUT2D eigenvalue weighted by atomic mass is 16.4. The molecule has 0 heterocycles. The summed E-state index contributed by atoms with van der Waals surface area (Å²) in [6.45, 7) is 1.67. The van der Waals surface area contributed by atoms with E-state index in [4.69, 9.17) is 10.2 Å². The van der Waals surface area contributed by atoms with E-state index < -0.39 is 6.09 Å². The summed E-state index contributed by atoms with van der Waals surface area (Å²) in [5.41, 5.74) is 0.779. The summed E-state index contributed by atoms with van der Waals surface area (Å²) in [5, 5.41) is 20.0. The van der Waals surface area contributed by atoms with Gasteiger partial charge in [0.15, 0.2) is 0 Å². The number of hydrogen-bond donors (Lipinski definition) is 3. The molecule has 0 aliphatic heterocycles. The molecule has 1 aromatic carbocycles. The second-order valence-electron chi connectivity index (χ2n) is 3.29. The summed E-state index contributed by atoms with van der Waals surface area (Å²) in [6, 6.07) is 9.62. The number of aliphatic hydroxyl groups excluding tert-OH is 1. The molecule has 0 spiro atoms. The highest BCUT2D eigenvalue weighted by molar-refractivity contribution is 5.67. The third-order valence-electron chi connectivity index (χ3n) is 2.09. The molecule has 0 unspecified atom stereocenters. The zero-order valence-corrected chi connectivity index (χ0v) is 8.47. The maximum absolute atomic E-state index is 10.6. The van der Waals surface area contributed by atoms with Crippen molar-refractivity contribution in [2.24, 2.45) is 5.92 Å². The number of benzene rings is 1. The van der Waals surface area contributed by atoms with E-state index in [0.717, 1.165) is 5.56 Å². The number of carboxylic acid groups (broad SMARTS) is 1. The van der Waals surface area contributed by atoms with Crippen LogP contribution in [0.25, 0.3) is 0 Å². The van der Waals surface area contributed by atoms with Crippen LogP contribution < -0.4 is 5.32 Å². The van der Waals surface area contributed by atoms with Crippen LogP contribution >= 0.6 is 0 Å². The van der Waals surface area contributed by atoms with Gasteiger partial charge in [-0.25, -0.2) is 4.79 Å². The van der Waals surface area contributed by atoms with Gasteiger partial charge in [0.2, 0.25) is 0 Å². The van der Waals surface area contributed by atoms with Crippen molar-refractivity contribution < 1.29 is 15.0 Å². The van der Waals surface area contributed by atoms with Crippen LogP contribution in [0.4, 0.5) is 4.79 Å². The van der Waals surface area contributed by atoms with Crippen molar-refractivity contribution in [3.8, 4) is 0 Å². The Morgan fingerprint density at radius 3 is 2.47 bits per heavy atom. The minimum Gasteiger partial charge on any atom is -0.465 e. The molecule has 0 aliphatic carbocycles. The number of rotatable bonds is 4.